The predicted molar refractivity (Wildman–Crippen MR) is 92.2 cm³/mol. The molecule has 0 saturated carbocycles. The Balaban J connectivity index is 2.28. The van der Waals surface area contributed by atoms with Crippen molar-refractivity contribution in [2.45, 2.75) is 0 Å². The normalized spacial score (nSPS) is 10.7. The van der Waals surface area contributed by atoms with E-state index in [1.54, 1.807) is 6.07 Å². The second kappa shape index (κ2) is 6.45. The van der Waals surface area contributed by atoms with Crippen LogP contribution in [0.25, 0.3) is 22.0 Å². The Bertz CT molecular complexity index is 1030. The molecule has 0 atom stereocenters. The molecule has 8 heteroatoms. The third-order valence-electron chi connectivity index (χ3n) is 3.50. The van der Waals surface area contributed by atoms with Crippen molar-refractivity contribution in [3.8, 4) is 11.1 Å². The Morgan fingerprint density at radius 3 is 2.56 bits per heavy atom. The van der Waals surface area contributed by atoms with Gasteiger partial charge in [-0.3, -0.25) is 9.78 Å². The van der Waals surface area contributed by atoms with E-state index in [2.05, 4.69) is 9.98 Å². The number of guanidine groups is 1. The molecule has 0 aliphatic heterocycles. The zero-order chi connectivity index (χ0) is 18.1. The second-order valence-electron chi connectivity index (χ2n) is 5.18. The van der Waals surface area contributed by atoms with Crippen LogP contribution >= 0.6 is 11.6 Å². The molecule has 4 N–H and O–H groups in total. The summed E-state index contributed by atoms with van der Waals surface area (Å²) < 4.78 is 27.4. The third-order valence-corrected chi connectivity index (χ3v) is 3.79. The van der Waals surface area contributed by atoms with Crippen molar-refractivity contribution in [2.24, 2.45) is 16.5 Å². The van der Waals surface area contributed by atoms with E-state index in [9.17, 15) is 13.6 Å². The minimum absolute atomic E-state index is 0.0882. The number of halogens is 3. The Hall–Kier alpha value is -3.06. The maximum atomic E-state index is 14.2. The average Bonchev–Trinajstić information content (AvgIpc) is 2.54. The zero-order valence-electron chi connectivity index (χ0n) is 12.6. The number of hydrogen-bond acceptors (Lipinski definition) is 2. The molecule has 25 heavy (non-hydrogen) atoms. The van der Waals surface area contributed by atoms with Crippen molar-refractivity contribution in [2.75, 3.05) is 0 Å². The molecule has 0 radical (unpaired) electrons. The summed E-state index contributed by atoms with van der Waals surface area (Å²) in [5, 5.41) is 0.569. The molecule has 1 heterocycles. The predicted octanol–water partition coefficient (Wildman–Crippen LogP) is 3.25. The highest BCUT2D eigenvalue weighted by atomic mass is 35.5. The van der Waals surface area contributed by atoms with Gasteiger partial charge in [0.25, 0.3) is 5.91 Å². The fourth-order valence-electron chi connectivity index (χ4n) is 2.45. The first kappa shape index (κ1) is 16.8. The number of aromatic nitrogens is 1. The molecule has 126 valence electrons. The second-order valence-corrected chi connectivity index (χ2v) is 5.59. The van der Waals surface area contributed by atoms with Gasteiger partial charge in [-0.2, -0.15) is 4.99 Å². The van der Waals surface area contributed by atoms with Crippen LogP contribution in [0.2, 0.25) is 5.02 Å². The fraction of sp³-hybridized carbons (Fsp3) is 0. The van der Waals surface area contributed by atoms with E-state index in [4.69, 9.17) is 23.1 Å². The van der Waals surface area contributed by atoms with Crippen LogP contribution in [-0.4, -0.2) is 16.9 Å². The van der Waals surface area contributed by atoms with E-state index in [0.29, 0.717) is 16.5 Å². The maximum absolute atomic E-state index is 14.2. The molecular formula is C17H11ClF2N4O. The standard InChI is InChI=1S/C17H11ClF2N4O/c18-12-7-23-14-4-1-8(16(25)24-17(21)22)5-11(14)15(12)10-3-2-9(19)6-13(10)20/h1-7H,(H4,21,22,24,25). The summed E-state index contributed by atoms with van der Waals surface area (Å²) in [4.78, 5) is 19.6. The largest absolute Gasteiger partial charge is 0.370 e. The van der Waals surface area contributed by atoms with E-state index in [1.165, 1.54) is 24.4 Å². The van der Waals surface area contributed by atoms with E-state index < -0.39 is 17.5 Å². The first-order chi connectivity index (χ1) is 11.9. The number of benzene rings is 2. The van der Waals surface area contributed by atoms with Crippen LogP contribution < -0.4 is 11.5 Å². The van der Waals surface area contributed by atoms with Crippen molar-refractivity contribution >= 4 is 34.4 Å². The third kappa shape index (κ3) is 3.27. The highest BCUT2D eigenvalue weighted by Crippen LogP contribution is 2.36. The van der Waals surface area contributed by atoms with Crippen LogP contribution in [0.15, 0.2) is 47.6 Å². The molecular weight excluding hydrogens is 350 g/mol. The Morgan fingerprint density at radius 2 is 1.88 bits per heavy atom. The van der Waals surface area contributed by atoms with E-state index in [0.717, 1.165) is 12.1 Å². The molecule has 3 aromatic rings. The molecule has 0 aliphatic carbocycles. The molecule has 0 aliphatic rings. The molecule has 3 rings (SSSR count). The van der Waals surface area contributed by atoms with E-state index in [-0.39, 0.29) is 22.1 Å². The molecule has 0 bridgehead atoms. The van der Waals surface area contributed by atoms with Crippen LogP contribution in [0.1, 0.15) is 10.4 Å². The first-order valence-electron chi connectivity index (χ1n) is 7.04. The first-order valence-corrected chi connectivity index (χ1v) is 7.42. The molecule has 5 nitrogen and oxygen atoms in total. The van der Waals surface area contributed by atoms with Gasteiger partial charge in [-0.1, -0.05) is 11.6 Å². The average molecular weight is 361 g/mol. The summed E-state index contributed by atoms with van der Waals surface area (Å²) in [5.74, 6) is -2.53. The lowest BCUT2D eigenvalue weighted by atomic mass is 9.99. The number of rotatable bonds is 2. The quantitative estimate of drug-likeness (QED) is 0.541. The Kier molecular flexibility index (Phi) is 4.33. The number of amides is 1. The van der Waals surface area contributed by atoms with Gasteiger partial charge in [0.1, 0.15) is 11.6 Å². The topological polar surface area (TPSA) is 94.4 Å². The number of hydrogen-bond donors (Lipinski definition) is 2. The summed E-state index contributed by atoms with van der Waals surface area (Å²) >= 11 is 6.19. The summed E-state index contributed by atoms with van der Waals surface area (Å²) in [6, 6.07) is 7.66. The summed E-state index contributed by atoms with van der Waals surface area (Å²) in [5.41, 5.74) is 11.5. The number of pyridine rings is 1. The van der Waals surface area contributed by atoms with Gasteiger partial charge in [0.05, 0.1) is 10.5 Å². The van der Waals surface area contributed by atoms with Gasteiger partial charge in [-0.15, -0.1) is 0 Å². The molecule has 2 aromatic carbocycles. The lowest BCUT2D eigenvalue weighted by Crippen LogP contribution is -2.24. The lowest BCUT2D eigenvalue weighted by molar-refractivity contribution is 0.100. The van der Waals surface area contributed by atoms with Crippen LogP contribution in [0.3, 0.4) is 0 Å². The minimum Gasteiger partial charge on any atom is -0.370 e. The SMILES string of the molecule is NC(N)=NC(=O)c1ccc2ncc(Cl)c(-c3ccc(F)cc3F)c2c1. The zero-order valence-corrected chi connectivity index (χ0v) is 13.4. The lowest BCUT2D eigenvalue weighted by Gasteiger charge is -2.11. The van der Waals surface area contributed by atoms with Gasteiger partial charge in [-0.05, 0) is 30.3 Å². The minimum atomic E-state index is -0.782. The molecule has 0 spiro atoms. The van der Waals surface area contributed by atoms with Gasteiger partial charge in [-0.25, -0.2) is 8.78 Å². The number of carbonyl (C=O) groups is 1. The van der Waals surface area contributed by atoms with Crippen molar-refractivity contribution in [1.29, 1.82) is 0 Å². The van der Waals surface area contributed by atoms with Crippen LogP contribution in [0.5, 0.6) is 0 Å². The smallest absolute Gasteiger partial charge is 0.280 e. The van der Waals surface area contributed by atoms with E-state index >= 15 is 0 Å². The fourth-order valence-corrected chi connectivity index (χ4v) is 2.70. The monoisotopic (exact) mass is 360 g/mol. The Morgan fingerprint density at radius 1 is 1.12 bits per heavy atom. The highest BCUT2D eigenvalue weighted by molar-refractivity contribution is 6.34. The number of nitrogens with zero attached hydrogens (tertiary/aromatic N) is 2. The summed E-state index contributed by atoms with van der Waals surface area (Å²) in [6.07, 6.45) is 1.36. The molecule has 0 fully saturated rings. The van der Waals surface area contributed by atoms with Crippen LogP contribution in [0.4, 0.5) is 8.78 Å². The molecule has 0 unspecified atom stereocenters. The van der Waals surface area contributed by atoms with Crippen molar-refractivity contribution in [3.63, 3.8) is 0 Å². The van der Waals surface area contributed by atoms with Gasteiger partial charge >= 0.3 is 0 Å². The number of nitrogens with two attached hydrogens (primary N) is 2. The van der Waals surface area contributed by atoms with Gasteiger partial charge in [0.15, 0.2) is 5.96 Å². The highest BCUT2D eigenvalue weighted by Gasteiger charge is 2.16. The number of fused-ring (bicyclic) bond motifs is 1. The van der Waals surface area contributed by atoms with Crippen LogP contribution in [-0.2, 0) is 0 Å². The van der Waals surface area contributed by atoms with Gasteiger partial charge in [0.2, 0.25) is 0 Å². The molecule has 1 aromatic heterocycles. The summed E-state index contributed by atoms with van der Waals surface area (Å²) in [7, 11) is 0. The maximum Gasteiger partial charge on any atom is 0.280 e. The van der Waals surface area contributed by atoms with Gasteiger partial charge < -0.3 is 11.5 Å². The van der Waals surface area contributed by atoms with Crippen molar-refractivity contribution in [3.05, 3.63) is 64.8 Å². The van der Waals surface area contributed by atoms with Gasteiger partial charge in [0, 0.05) is 34.3 Å². The van der Waals surface area contributed by atoms with Crippen LogP contribution in [0, 0.1) is 11.6 Å². The number of aliphatic imine (C=N–C) groups is 1. The van der Waals surface area contributed by atoms with Crippen molar-refractivity contribution in [1.82, 2.24) is 4.98 Å². The Labute approximate surface area is 145 Å². The molecule has 1 amide bonds. The number of carbonyl (C=O) groups excluding carboxylic acids is 1. The van der Waals surface area contributed by atoms with E-state index in [1.807, 2.05) is 0 Å². The molecule has 0 saturated heterocycles. The van der Waals surface area contributed by atoms with Crippen molar-refractivity contribution < 1.29 is 13.6 Å². The summed E-state index contributed by atoms with van der Waals surface area (Å²) in [6.45, 7) is 0.